The summed E-state index contributed by atoms with van der Waals surface area (Å²) in [5.41, 5.74) is 1.31. The summed E-state index contributed by atoms with van der Waals surface area (Å²) in [6.07, 6.45) is 1.32. The van der Waals surface area contributed by atoms with Crippen LogP contribution in [0.25, 0.3) is 11.0 Å². The molecule has 2 aromatic rings. The molecule has 0 aliphatic heterocycles. The zero-order valence-electron chi connectivity index (χ0n) is 11.7. The Hall–Kier alpha value is -3.03. The van der Waals surface area contributed by atoms with E-state index in [0.29, 0.717) is 11.0 Å². The average Bonchev–Trinajstić information content (AvgIpc) is 2.51. The molecule has 22 heavy (non-hydrogen) atoms. The van der Waals surface area contributed by atoms with Crippen molar-refractivity contribution in [3.05, 3.63) is 36.2 Å². The quantitative estimate of drug-likeness (QED) is 0.712. The van der Waals surface area contributed by atoms with Gasteiger partial charge in [-0.1, -0.05) is 12.1 Å². The third-order valence-electron chi connectivity index (χ3n) is 2.84. The minimum absolute atomic E-state index is 0.0802. The molecule has 0 bridgehead atoms. The molecule has 0 aliphatic carbocycles. The molecule has 0 spiro atoms. The van der Waals surface area contributed by atoms with Gasteiger partial charge in [0.2, 0.25) is 5.91 Å². The fourth-order valence-corrected chi connectivity index (χ4v) is 1.72. The number of hydrogen-bond donors (Lipinski definition) is 3. The standard InChI is InChI=1S/C14H14N4O4/c1-8(13(21)16-7-12(19)20)17-14(22)11-6-15-9-4-2-3-5-10(9)18-11/h2-6,8H,7H2,1H3,(H,16,21)(H,17,22)(H,19,20)/t8-/m1/s1. The van der Waals surface area contributed by atoms with Crippen molar-refractivity contribution >= 4 is 28.8 Å². The van der Waals surface area contributed by atoms with Gasteiger partial charge in [0.1, 0.15) is 18.3 Å². The first kappa shape index (κ1) is 15.4. The van der Waals surface area contributed by atoms with Crippen molar-refractivity contribution < 1.29 is 19.5 Å². The van der Waals surface area contributed by atoms with Gasteiger partial charge < -0.3 is 15.7 Å². The number of aliphatic carboxylic acids is 1. The molecule has 0 saturated carbocycles. The maximum Gasteiger partial charge on any atom is 0.322 e. The highest BCUT2D eigenvalue weighted by atomic mass is 16.4. The Morgan fingerprint density at radius 1 is 1.23 bits per heavy atom. The molecule has 0 fully saturated rings. The van der Waals surface area contributed by atoms with E-state index in [0.717, 1.165) is 0 Å². The van der Waals surface area contributed by atoms with Crippen LogP contribution in [0.15, 0.2) is 30.5 Å². The van der Waals surface area contributed by atoms with Crippen molar-refractivity contribution in [1.82, 2.24) is 20.6 Å². The van der Waals surface area contributed by atoms with Gasteiger partial charge in [0.15, 0.2) is 0 Å². The van der Waals surface area contributed by atoms with E-state index in [4.69, 9.17) is 5.11 Å². The zero-order valence-corrected chi connectivity index (χ0v) is 11.7. The van der Waals surface area contributed by atoms with Gasteiger partial charge in [0.25, 0.3) is 5.91 Å². The molecule has 0 radical (unpaired) electrons. The molecule has 3 N–H and O–H groups in total. The molecular weight excluding hydrogens is 288 g/mol. The van der Waals surface area contributed by atoms with E-state index in [1.807, 2.05) is 6.07 Å². The molecule has 0 unspecified atom stereocenters. The molecule has 2 rings (SSSR count). The number of carbonyl (C=O) groups excluding carboxylic acids is 2. The summed E-state index contributed by atoms with van der Waals surface area (Å²) in [4.78, 5) is 42.3. The van der Waals surface area contributed by atoms with Crippen molar-refractivity contribution in [1.29, 1.82) is 0 Å². The normalized spacial score (nSPS) is 11.7. The van der Waals surface area contributed by atoms with Crippen LogP contribution in [0, 0.1) is 0 Å². The molecule has 114 valence electrons. The lowest BCUT2D eigenvalue weighted by molar-refractivity contribution is -0.138. The highest BCUT2D eigenvalue weighted by molar-refractivity contribution is 5.97. The van der Waals surface area contributed by atoms with E-state index >= 15 is 0 Å². The van der Waals surface area contributed by atoms with Gasteiger partial charge in [-0.3, -0.25) is 19.4 Å². The first-order valence-corrected chi connectivity index (χ1v) is 6.49. The summed E-state index contributed by atoms with van der Waals surface area (Å²) in [6, 6.07) is 6.19. The van der Waals surface area contributed by atoms with Crippen LogP contribution < -0.4 is 10.6 Å². The molecule has 0 aliphatic rings. The van der Waals surface area contributed by atoms with Crippen molar-refractivity contribution in [2.45, 2.75) is 13.0 Å². The first-order chi connectivity index (χ1) is 10.5. The Bertz CT molecular complexity index is 732. The van der Waals surface area contributed by atoms with Crippen LogP contribution in [0.4, 0.5) is 0 Å². The number of aromatic nitrogens is 2. The maximum absolute atomic E-state index is 12.0. The SMILES string of the molecule is C[C@@H](NC(=O)c1cnc2ccccc2n1)C(=O)NCC(=O)O. The third kappa shape index (κ3) is 3.75. The van der Waals surface area contributed by atoms with Crippen LogP contribution >= 0.6 is 0 Å². The van der Waals surface area contributed by atoms with Crippen LogP contribution in [-0.4, -0.2) is 45.4 Å². The Kier molecular flexibility index (Phi) is 4.62. The van der Waals surface area contributed by atoms with E-state index < -0.39 is 30.4 Å². The van der Waals surface area contributed by atoms with Gasteiger partial charge in [0, 0.05) is 0 Å². The monoisotopic (exact) mass is 302 g/mol. The number of para-hydroxylation sites is 2. The number of carbonyl (C=O) groups is 3. The Labute approximate surface area is 125 Å². The van der Waals surface area contributed by atoms with Crippen LogP contribution in [0.1, 0.15) is 17.4 Å². The number of amides is 2. The number of hydrogen-bond acceptors (Lipinski definition) is 5. The molecule has 1 heterocycles. The Morgan fingerprint density at radius 2 is 1.91 bits per heavy atom. The second-order valence-electron chi connectivity index (χ2n) is 4.55. The Balaban J connectivity index is 2.03. The molecule has 8 nitrogen and oxygen atoms in total. The van der Waals surface area contributed by atoms with Crippen LogP contribution in [0.5, 0.6) is 0 Å². The smallest absolute Gasteiger partial charge is 0.322 e. The van der Waals surface area contributed by atoms with Gasteiger partial charge in [-0.2, -0.15) is 0 Å². The van der Waals surface area contributed by atoms with Gasteiger partial charge in [0.05, 0.1) is 17.2 Å². The number of nitrogens with one attached hydrogen (secondary N) is 2. The van der Waals surface area contributed by atoms with Crippen LogP contribution in [-0.2, 0) is 9.59 Å². The second kappa shape index (κ2) is 6.61. The Morgan fingerprint density at radius 3 is 2.59 bits per heavy atom. The summed E-state index contributed by atoms with van der Waals surface area (Å²) in [5.74, 6) is -2.31. The highest BCUT2D eigenvalue weighted by Crippen LogP contribution is 2.08. The molecule has 2 amide bonds. The molecule has 1 aromatic carbocycles. The van der Waals surface area contributed by atoms with Gasteiger partial charge >= 0.3 is 5.97 Å². The summed E-state index contributed by atoms with van der Waals surface area (Å²) in [6.45, 7) is 0.943. The lowest BCUT2D eigenvalue weighted by atomic mass is 10.2. The van der Waals surface area contributed by atoms with E-state index in [1.165, 1.54) is 13.1 Å². The summed E-state index contributed by atoms with van der Waals surface area (Å²) in [7, 11) is 0. The molecule has 1 aromatic heterocycles. The van der Waals surface area contributed by atoms with Crippen molar-refractivity contribution in [2.75, 3.05) is 6.54 Å². The third-order valence-corrected chi connectivity index (χ3v) is 2.84. The number of carboxylic acid groups (broad SMARTS) is 1. The van der Waals surface area contributed by atoms with E-state index in [2.05, 4.69) is 20.6 Å². The van der Waals surface area contributed by atoms with Gasteiger partial charge in [-0.25, -0.2) is 4.98 Å². The number of carboxylic acids is 1. The second-order valence-corrected chi connectivity index (χ2v) is 4.55. The minimum atomic E-state index is -1.16. The van der Waals surface area contributed by atoms with Gasteiger partial charge in [-0.05, 0) is 19.1 Å². The predicted octanol–water partition coefficient (Wildman–Crippen LogP) is -0.0511. The van der Waals surface area contributed by atoms with Gasteiger partial charge in [-0.15, -0.1) is 0 Å². The van der Waals surface area contributed by atoms with Crippen molar-refractivity contribution in [2.24, 2.45) is 0 Å². The molecular formula is C14H14N4O4. The zero-order chi connectivity index (χ0) is 16.1. The summed E-state index contributed by atoms with van der Waals surface area (Å²) >= 11 is 0. The first-order valence-electron chi connectivity index (χ1n) is 6.49. The molecule has 8 heteroatoms. The number of benzene rings is 1. The number of rotatable bonds is 5. The summed E-state index contributed by atoms with van der Waals surface area (Å²) < 4.78 is 0. The fraction of sp³-hybridized carbons (Fsp3) is 0.214. The fourth-order valence-electron chi connectivity index (χ4n) is 1.72. The molecule has 1 atom stereocenters. The predicted molar refractivity (Wildman–Crippen MR) is 77.1 cm³/mol. The average molecular weight is 302 g/mol. The number of fused-ring (bicyclic) bond motifs is 1. The van der Waals surface area contributed by atoms with Crippen LogP contribution in [0.2, 0.25) is 0 Å². The lowest BCUT2D eigenvalue weighted by Crippen LogP contribution is -2.46. The van der Waals surface area contributed by atoms with Crippen LogP contribution in [0.3, 0.4) is 0 Å². The van der Waals surface area contributed by atoms with Crippen molar-refractivity contribution in [3.63, 3.8) is 0 Å². The van der Waals surface area contributed by atoms with E-state index in [-0.39, 0.29) is 5.69 Å². The highest BCUT2D eigenvalue weighted by Gasteiger charge is 2.18. The van der Waals surface area contributed by atoms with E-state index in [9.17, 15) is 14.4 Å². The largest absolute Gasteiger partial charge is 0.480 e. The topological polar surface area (TPSA) is 121 Å². The number of nitrogens with zero attached hydrogens (tertiary/aromatic N) is 2. The maximum atomic E-state index is 12.0. The lowest BCUT2D eigenvalue weighted by Gasteiger charge is -2.12. The minimum Gasteiger partial charge on any atom is -0.480 e. The van der Waals surface area contributed by atoms with E-state index in [1.54, 1.807) is 18.2 Å². The van der Waals surface area contributed by atoms with Crippen molar-refractivity contribution in [3.8, 4) is 0 Å². The molecule has 0 saturated heterocycles. The summed E-state index contributed by atoms with van der Waals surface area (Å²) in [5, 5.41) is 13.1.